The number of nitrogens with one attached hydrogen (secondary N) is 8. The number of primary sulfonamides is 1. The lowest BCUT2D eigenvalue weighted by molar-refractivity contribution is -0.384. The van der Waals surface area contributed by atoms with Crippen LogP contribution in [0.5, 0.6) is 0 Å². The molecular formula is C72H67BrClFI4N10O8S. The van der Waals surface area contributed by atoms with E-state index >= 15 is 0 Å². The van der Waals surface area contributed by atoms with Crippen molar-refractivity contribution in [3.05, 3.63) is 272 Å². The van der Waals surface area contributed by atoms with Crippen LogP contribution in [0.15, 0.2) is 192 Å². The smallest absolute Gasteiger partial charge is 0.270 e. The first kappa shape index (κ1) is 76.5. The fourth-order valence-corrected chi connectivity index (χ4v) is 13.0. The van der Waals surface area contributed by atoms with Gasteiger partial charge in [0.2, 0.25) is 10.0 Å². The molecule has 10 N–H and O–H groups in total. The summed E-state index contributed by atoms with van der Waals surface area (Å²) < 4.78 is 41.9. The molecule has 2 saturated carbocycles. The zero-order chi connectivity index (χ0) is 71.0. The van der Waals surface area contributed by atoms with E-state index in [1.165, 1.54) is 49.6 Å². The topological polar surface area (TPSA) is 268 Å². The second kappa shape index (κ2) is 35.7. The Bertz CT molecular complexity index is 4610. The van der Waals surface area contributed by atoms with E-state index in [9.17, 15) is 42.1 Å². The molecule has 508 valence electrons. The van der Waals surface area contributed by atoms with Crippen molar-refractivity contribution in [2.45, 2.75) is 76.9 Å². The molecule has 4 amide bonds. The number of aryl methyl sites for hydroxylation is 4. The van der Waals surface area contributed by atoms with E-state index in [0.717, 1.165) is 93.7 Å². The van der Waals surface area contributed by atoms with Crippen molar-refractivity contribution in [1.29, 1.82) is 0 Å². The summed E-state index contributed by atoms with van der Waals surface area (Å²) in [5, 5.41) is 41.1. The number of nitro benzene ring substituents is 1. The molecule has 0 spiro atoms. The number of carbonyl (C=O) groups excluding carboxylic acids is 4. The Hall–Kier alpha value is -7.27. The highest BCUT2D eigenvalue weighted by Crippen LogP contribution is 2.33. The number of anilines is 8. The van der Waals surface area contributed by atoms with Crippen molar-refractivity contribution in [2.24, 2.45) is 5.14 Å². The van der Waals surface area contributed by atoms with Crippen LogP contribution in [-0.2, 0) is 16.6 Å². The van der Waals surface area contributed by atoms with Crippen LogP contribution in [0.25, 0.3) is 0 Å². The van der Waals surface area contributed by atoms with Gasteiger partial charge < -0.3 is 42.5 Å². The van der Waals surface area contributed by atoms with Crippen LogP contribution < -0.4 is 47.7 Å². The highest BCUT2D eigenvalue weighted by molar-refractivity contribution is 14.1. The number of hydrogen-bond acceptors (Lipinski definition) is 12. The third kappa shape index (κ3) is 23.2. The maximum atomic E-state index is 13.8. The molecule has 2 aliphatic carbocycles. The van der Waals surface area contributed by atoms with Crippen LogP contribution in [0.1, 0.15) is 94.9 Å². The van der Waals surface area contributed by atoms with Crippen LogP contribution in [0.3, 0.4) is 0 Å². The molecule has 98 heavy (non-hydrogen) atoms. The third-order valence-electron chi connectivity index (χ3n) is 14.9. The molecule has 11 rings (SSSR count). The van der Waals surface area contributed by atoms with E-state index in [0.29, 0.717) is 45.7 Å². The predicted octanol–water partition coefficient (Wildman–Crippen LogP) is 18.1. The quantitative estimate of drug-likeness (QED) is 0.0149. The van der Waals surface area contributed by atoms with Gasteiger partial charge >= 0.3 is 0 Å². The summed E-state index contributed by atoms with van der Waals surface area (Å²) in [5.74, 6) is -1.48. The number of nitro groups is 1. The van der Waals surface area contributed by atoms with E-state index in [2.05, 4.69) is 181 Å². The van der Waals surface area contributed by atoms with E-state index in [1.807, 2.05) is 99.6 Å². The molecule has 2 fully saturated rings. The number of amides is 4. The van der Waals surface area contributed by atoms with Crippen molar-refractivity contribution in [2.75, 3.05) is 27.8 Å². The Morgan fingerprint density at radius 2 is 0.918 bits per heavy atom. The SMILES string of the molecule is C=CCNC(=O)c1cc(Cl)ccc1Nc1ccc(I)cc1C.Cc1cc(I)ccc1Nc1ccc(Br)cc1C(=O)NC1CC1.Cc1cc(I)ccc1Nc1ccc(F)cc1C(=O)NCc1ccc(S(N)(=O)=O)cc1.Cc1cc(I)ccc1Nc1ccc([N+](=O)[O-])cc1C(=O)NC1CC1. The molecular weight excluding hydrogens is 1810 g/mol. The molecule has 0 bridgehead atoms. The minimum atomic E-state index is -3.78. The van der Waals surface area contributed by atoms with Gasteiger partial charge in [0.15, 0.2) is 0 Å². The molecule has 26 heteroatoms. The van der Waals surface area contributed by atoms with Gasteiger partial charge in [0, 0.05) is 83.8 Å². The molecule has 0 aromatic heterocycles. The lowest BCUT2D eigenvalue weighted by atomic mass is 10.1. The zero-order valence-electron chi connectivity index (χ0n) is 53.2. The predicted molar refractivity (Wildman–Crippen MR) is 426 cm³/mol. The highest BCUT2D eigenvalue weighted by atomic mass is 127. The summed E-state index contributed by atoms with van der Waals surface area (Å²) >= 11 is 18.5. The fourth-order valence-electron chi connectivity index (χ4n) is 9.35. The summed E-state index contributed by atoms with van der Waals surface area (Å²) in [5.41, 5.74) is 12.7. The van der Waals surface area contributed by atoms with Gasteiger partial charge in [-0.3, -0.25) is 29.3 Å². The molecule has 18 nitrogen and oxygen atoms in total. The number of nitrogens with two attached hydrogens (primary N) is 1. The first-order valence-electron chi connectivity index (χ1n) is 30.3. The average molecular weight is 1870 g/mol. The molecule has 2 aliphatic rings. The molecule has 0 atom stereocenters. The third-order valence-corrected chi connectivity index (χ3v) is 19.2. The Balaban J connectivity index is 0.000000168. The van der Waals surface area contributed by atoms with Gasteiger partial charge in [-0.1, -0.05) is 45.7 Å². The number of benzene rings is 9. The number of hydrogen-bond donors (Lipinski definition) is 9. The van der Waals surface area contributed by atoms with Crippen molar-refractivity contribution in [3.8, 4) is 0 Å². The standard InChI is InChI=1S/C21H19FIN3O3S.C17H16BrIN2O.C17H16ClIN2O.C17H16IN3O3/c1-13-10-16(23)5-9-19(13)26-20-8-4-15(22)11-18(20)21(27)25-12-14-2-6-17(7-3-14)30(24,28)29;1-10-8-12(19)3-7-15(10)21-16-6-2-11(18)9-14(16)17(22)20-13-4-5-13;1-3-8-20-17(22)14-10-12(18)4-6-16(14)21-15-7-5-13(19)9-11(15)2;1-10-8-11(18)2-6-15(10)20-16-7-5-13(21(23)24)9-14(16)17(22)19-12-3-4-12/h2-11,26H,12H2,1H3,(H,25,27)(H2,24,28,29);2-3,6-9,13,21H,4-5H2,1H3,(H,20,22);3-7,9-10,21H,1,8H2,2H3,(H,20,22);2,5-9,12,20H,3-4H2,1H3,(H,19,22). The Morgan fingerprint density at radius 1 is 0.541 bits per heavy atom. The van der Waals surface area contributed by atoms with Crippen LogP contribution in [0.4, 0.5) is 55.6 Å². The molecule has 0 unspecified atom stereocenters. The molecule has 0 radical (unpaired) electrons. The monoisotopic (exact) mass is 1870 g/mol. The maximum Gasteiger partial charge on any atom is 0.270 e. The average Bonchev–Trinajstić information content (AvgIpc) is 0.936. The molecule has 0 heterocycles. The van der Waals surface area contributed by atoms with E-state index in [1.54, 1.807) is 36.4 Å². The van der Waals surface area contributed by atoms with Gasteiger partial charge in [-0.2, -0.15) is 0 Å². The summed E-state index contributed by atoms with van der Waals surface area (Å²) in [6.45, 7) is 12.2. The molecule has 0 aliphatic heterocycles. The van der Waals surface area contributed by atoms with E-state index in [4.69, 9.17) is 16.7 Å². The molecule has 0 saturated heterocycles. The van der Waals surface area contributed by atoms with Crippen LogP contribution in [0, 0.1) is 57.9 Å². The van der Waals surface area contributed by atoms with Crippen LogP contribution >= 0.6 is 118 Å². The normalized spacial score (nSPS) is 12.1. The summed E-state index contributed by atoms with van der Waals surface area (Å²) in [6.07, 6.45) is 5.72. The number of rotatable bonds is 20. The molecule has 9 aromatic carbocycles. The number of halogens is 7. The Morgan fingerprint density at radius 3 is 1.33 bits per heavy atom. The first-order chi connectivity index (χ1) is 46.6. The molecule has 9 aromatic rings. The number of carbonyl (C=O) groups is 4. The van der Waals surface area contributed by atoms with E-state index in [-0.39, 0.29) is 52.0 Å². The van der Waals surface area contributed by atoms with Crippen molar-refractivity contribution in [1.82, 2.24) is 21.3 Å². The van der Waals surface area contributed by atoms with Crippen molar-refractivity contribution >= 4 is 203 Å². The largest absolute Gasteiger partial charge is 0.355 e. The first-order valence-corrected chi connectivity index (χ1v) is 37.3. The number of sulfonamides is 1. The van der Waals surface area contributed by atoms with Gasteiger partial charge in [0.1, 0.15) is 5.82 Å². The minimum Gasteiger partial charge on any atom is -0.355 e. The minimum absolute atomic E-state index is 0.0120. The number of non-ortho nitro benzene ring substituents is 1. The van der Waals surface area contributed by atoms with E-state index < -0.39 is 26.7 Å². The maximum absolute atomic E-state index is 13.8. The van der Waals surface area contributed by atoms with Crippen LogP contribution in [0.2, 0.25) is 5.02 Å². The van der Waals surface area contributed by atoms with Crippen LogP contribution in [-0.4, -0.2) is 55.6 Å². The lowest BCUT2D eigenvalue weighted by Crippen LogP contribution is -2.26. The highest BCUT2D eigenvalue weighted by Gasteiger charge is 2.27. The van der Waals surface area contributed by atoms with Gasteiger partial charge in [-0.25, -0.2) is 17.9 Å². The number of nitrogens with zero attached hydrogens (tertiary/aromatic N) is 1. The van der Waals surface area contributed by atoms with Gasteiger partial charge in [-0.15, -0.1) is 6.58 Å². The Kier molecular flexibility index (Phi) is 27.8. The van der Waals surface area contributed by atoms with Crippen molar-refractivity contribution in [3.63, 3.8) is 0 Å². The summed E-state index contributed by atoms with van der Waals surface area (Å²) in [4.78, 5) is 60.3. The second-order valence-electron chi connectivity index (χ2n) is 22.8. The Labute approximate surface area is 636 Å². The summed E-state index contributed by atoms with van der Waals surface area (Å²) in [6, 6.07) is 49.7. The van der Waals surface area contributed by atoms with Gasteiger partial charge in [-0.05, 0) is 317 Å². The lowest BCUT2D eigenvalue weighted by Gasteiger charge is -2.14. The van der Waals surface area contributed by atoms with Gasteiger partial charge in [0.05, 0.1) is 54.8 Å². The zero-order valence-corrected chi connectivity index (χ0v) is 65.0. The van der Waals surface area contributed by atoms with Crippen molar-refractivity contribution < 1.29 is 36.9 Å². The van der Waals surface area contributed by atoms with Gasteiger partial charge in [0.25, 0.3) is 29.3 Å². The second-order valence-corrected chi connectivity index (χ2v) is 30.7. The fraction of sp³-hybridized carbons (Fsp3) is 0.167. The summed E-state index contributed by atoms with van der Waals surface area (Å²) in [7, 11) is -3.78.